The molecule has 24 heavy (non-hydrogen) atoms. The van der Waals surface area contributed by atoms with Crippen molar-refractivity contribution in [2.45, 2.75) is 39.2 Å². The van der Waals surface area contributed by atoms with Crippen LogP contribution in [-0.4, -0.2) is 60.5 Å². The predicted molar refractivity (Wildman–Crippen MR) is 99.1 cm³/mol. The fraction of sp³-hybridized carbons (Fsp3) is 0.684. The van der Waals surface area contributed by atoms with Crippen LogP contribution in [0.4, 0.5) is 0 Å². The Kier molecular flexibility index (Phi) is 6.07. The van der Waals surface area contributed by atoms with E-state index in [1.165, 1.54) is 50.9 Å². The van der Waals surface area contributed by atoms with Crippen LogP contribution in [-0.2, 0) is 6.54 Å². The molecule has 3 heterocycles. The molecule has 0 aromatic carbocycles. The van der Waals surface area contributed by atoms with E-state index < -0.39 is 0 Å². The lowest BCUT2D eigenvalue weighted by atomic mass is 10.1. The van der Waals surface area contributed by atoms with Gasteiger partial charge in [0.05, 0.1) is 12.2 Å². The zero-order valence-corrected chi connectivity index (χ0v) is 15.2. The Labute approximate surface area is 146 Å². The highest BCUT2D eigenvalue weighted by atomic mass is 15.3. The van der Waals surface area contributed by atoms with E-state index in [9.17, 15) is 0 Å². The highest BCUT2D eigenvalue weighted by Crippen LogP contribution is 2.20. The SMILES string of the molecule is CN=C(NCc1ncccc1C)N1CCC(CN2CCCCC2)C1. The quantitative estimate of drug-likeness (QED) is 0.680. The van der Waals surface area contributed by atoms with Crippen molar-refractivity contribution in [2.24, 2.45) is 10.9 Å². The summed E-state index contributed by atoms with van der Waals surface area (Å²) >= 11 is 0. The number of aromatic nitrogens is 1. The van der Waals surface area contributed by atoms with Gasteiger partial charge in [-0.25, -0.2) is 0 Å². The van der Waals surface area contributed by atoms with E-state index in [0.717, 1.165) is 37.2 Å². The van der Waals surface area contributed by atoms with Crippen LogP contribution in [0, 0.1) is 12.8 Å². The van der Waals surface area contributed by atoms with Crippen molar-refractivity contribution in [3.8, 4) is 0 Å². The Balaban J connectivity index is 1.48. The molecule has 1 N–H and O–H groups in total. The Morgan fingerprint density at radius 1 is 1.29 bits per heavy atom. The molecular formula is C19H31N5. The van der Waals surface area contributed by atoms with Crippen molar-refractivity contribution in [3.63, 3.8) is 0 Å². The smallest absolute Gasteiger partial charge is 0.193 e. The number of nitrogens with one attached hydrogen (secondary N) is 1. The van der Waals surface area contributed by atoms with Crippen LogP contribution in [0.2, 0.25) is 0 Å². The fourth-order valence-corrected chi connectivity index (χ4v) is 3.88. The number of nitrogens with zero attached hydrogens (tertiary/aromatic N) is 4. The summed E-state index contributed by atoms with van der Waals surface area (Å²) in [5, 5.41) is 3.49. The first kappa shape index (κ1) is 17.2. The largest absolute Gasteiger partial charge is 0.351 e. The molecule has 5 nitrogen and oxygen atoms in total. The van der Waals surface area contributed by atoms with Crippen molar-refractivity contribution < 1.29 is 0 Å². The number of likely N-dealkylation sites (tertiary alicyclic amines) is 2. The molecule has 2 aliphatic rings. The molecule has 2 saturated heterocycles. The minimum Gasteiger partial charge on any atom is -0.351 e. The molecular weight excluding hydrogens is 298 g/mol. The number of guanidine groups is 1. The maximum absolute atomic E-state index is 4.49. The minimum atomic E-state index is 0.743. The number of aliphatic imine (C=N–C) groups is 1. The summed E-state index contributed by atoms with van der Waals surface area (Å²) in [6.07, 6.45) is 7.31. The van der Waals surface area contributed by atoms with E-state index in [2.05, 4.69) is 38.1 Å². The van der Waals surface area contributed by atoms with Gasteiger partial charge < -0.3 is 15.1 Å². The highest BCUT2D eigenvalue weighted by molar-refractivity contribution is 5.80. The maximum atomic E-state index is 4.49. The summed E-state index contributed by atoms with van der Waals surface area (Å²) in [5.41, 5.74) is 2.33. The summed E-state index contributed by atoms with van der Waals surface area (Å²) in [5.74, 6) is 1.79. The summed E-state index contributed by atoms with van der Waals surface area (Å²) < 4.78 is 0. The van der Waals surface area contributed by atoms with Crippen LogP contribution in [0.15, 0.2) is 23.3 Å². The topological polar surface area (TPSA) is 43.8 Å². The van der Waals surface area contributed by atoms with Gasteiger partial charge in [0.1, 0.15) is 0 Å². The first-order valence-corrected chi connectivity index (χ1v) is 9.34. The average Bonchev–Trinajstić information content (AvgIpc) is 3.06. The van der Waals surface area contributed by atoms with E-state index in [1.807, 2.05) is 19.3 Å². The molecule has 132 valence electrons. The Bertz CT molecular complexity index is 550. The summed E-state index contributed by atoms with van der Waals surface area (Å²) in [7, 11) is 1.88. The third kappa shape index (κ3) is 4.47. The first-order valence-electron chi connectivity index (χ1n) is 9.34. The number of hydrogen-bond donors (Lipinski definition) is 1. The van der Waals surface area contributed by atoms with Gasteiger partial charge in [0.25, 0.3) is 0 Å². The Morgan fingerprint density at radius 3 is 2.88 bits per heavy atom. The summed E-state index contributed by atoms with van der Waals surface area (Å²) in [6.45, 7) is 8.93. The summed E-state index contributed by atoms with van der Waals surface area (Å²) in [4.78, 5) is 14.0. The lowest BCUT2D eigenvalue weighted by molar-refractivity contribution is 0.198. The monoisotopic (exact) mass is 329 g/mol. The number of hydrogen-bond acceptors (Lipinski definition) is 3. The van der Waals surface area contributed by atoms with Gasteiger partial charge in [-0.3, -0.25) is 9.98 Å². The third-order valence-corrected chi connectivity index (χ3v) is 5.29. The van der Waals surface area contributed by atoms with E-state index >= 15 is 0 Å². The molecule has 1 aromatic heterocycles. The van der Waals surface area contributed by atoms with E-state index in [0.29, 0.717) is 0 Å². The lowest BCUT2D eigenvalue weighted by Crippen LogP contribution is -2.41. The van der Waals surface area contributed by atoms with E-state index in [-0.39, 0.29) is 0 Å². The van der Waals surface area contributed by atoms with Crippen molar-refractivity contribution in [3.05, 3.63) is 29.6 Å². The van der Waals surface area contributed by atoms with Gasteiger partial charge in [-0.1, -0.05) is 12.5 Å². The number of aryl methyl sites for hydroxylation is 1. The predicted octanol–water partition coefficient (Wildman–Crippen LogP) is 2.27. The first-order chi connectivity index (χ1) is 11.8. The Morgan fingerprint density at radius 2 is 2.12 bits per heavy atom. The lowest BCUT2D eigenvalue weighted by Gasteiger charge is -2.29. The van der Waals surface area contributed by atoms with Crippen LogP contribution < -0.4 is 5.32 Å². The standard InChI is InChI=1S/C19H31N5/c1-16-7-6-9-21-18(16)13-22-19(20-2)24-12-8-17(15-24)14-23-10-4-3-5-11-23/h6-7,9,17H,3-5,8,10-15H2,1-2H3,(H,20,22). The van der Waals surface area contributed by atoms with Crippen molar-refractivity contribution >= 4 is 5.96 Å². The van der Waals surface area contributed by atoms with Gasteiger partial charge in [0.15, 0.2) is 5.96 Å². The molecule has 0 radical (unpaired) electrons. The van der Waals surface area contributed by atoms with Crippen LogP contribution in [0.5, 0.6) is 0 Å². The second-order valence-electron chi connectivity index (χ2n) is 7.13. The zero-order valence-electron chi connectivity index (χ0n) is 15.2. The van der Waals surface area contributed by atoms with Gasteiger partial charge in [-0.15, -0.1) is 0 Å². The van der Waals surface area contributed by atoms with Crippen LogP contribution in [0.3, 0.4) is 0 Å². The molecule has 1 aromatic rings. The maximum Gasteiger partial charge on any atom is 0.193 e. The molecule has 0 spiro atoms. The second kappa shape index (κ2) is 8.47. The molecule has 0 bridgehead atoms. The minimum absolute atomic E-state index is 0.743. The van der Waals surface area contributed by atoms with Gasteiger partial charge in [-0.2, -0.15) is 0 Å². The number of rotatable bonds is 4. The number of piperidine rings is 1. The molecule has 3 rings (SSSR count). The fourth-order valence-electron chi connectivity index (χ4n) is 3.88. The molecule has 0 saturated carbocycles. The molecule has 1 unspecified atom stereocenters. The van der Waals surface area contributed by atoms with E-state index in [4.69, 9.17) is 0 Å². The van der Waals surface area contributed by atoms with Crippen LogP contribution in [0.25, 0.3) is 0 Å². The third-order valence-electron chi connectivity index (χ3n) is 5.29. The van der Waals surface area contributed by atoms with Crippen LogP contribution in [0.1, 0.15) is 36.9 Å². The average molecular weight is 329 g/mol. The highest BCUT2D eigenvalue weighted by Gasteiger charge is 2.26. The van der Waals surface area contributed by atoms with Crippen molar-refractivity contribution in [2.75, 3.05) is 39.8 Å². The second-order valence-corrected chi connectivity index (χ2v) is 7.13. The summed E-state index contributed by atoms with van der Waals surface area (Å²) in [6, 6.07) is 4.09. The molecule has 1 atom stereocenters. The van der Waals surface area contributed by atoms with Gasteiger partial charge >= 0.3 is 0 Å². The van der Waals surface area contributed by atoms with Gasteiger partial charge in [-0.05, 0) is 56.8 Å². The van der Waals surface area contributed by atoms with Gasteiger partial charge in [0, 0.05) is 32.9 Å². The molecule has 0 aliphatic carbocycles. The van der Waals surface area contributed by atoms with Crippen molar-refractivity contribution in [1.82, 2.24) is 20.1 Å². The Hall–Kier alpha value is -1.62. The molecule has 0 amide bonds. The molecule has 5 heteroatoms. The van der Waals surface area contributed by atoms with Crippen LogP contribution >= 0.6 is 0 Å². The van der Waals surface area contributed by atoms with Crippen molar-refractivity contribution in [1.29, 1.82) is 0 Å². The van der Waals surface area contributed by atoms with Gasteiger partial charge in [0.2, 0.25) is 0 Å². The molecule has 2 fully saturated rings. The zero-order chi connectivity index (χ0) is 16.8. The normalized spacial score (nSPS) is 22.8. The number of pyridine rings is 1. The molecule has 2 aliphatic heterocycles. The van der Waals surface area contributed by atoms with E-state index in [1.54, 1.807) is 0 Å².